The van der Waals surface area contributed by atoms with Crippen molar-refractivity contribution >= 4 is 23.5 Å². The number of hydrogen-bond acceptors (Lipinski definition) is 3. The SMILES string of the molecule is Cc1ccc(C2OC(N)=NC2=O)cc1Cl. The van der Waals surface area contributed by atoms with Gasteiger partial charge in [-0.15, -0.1) is 0 Å². The first-order valence-corrected chi connectivity index (χ1v) is 4.76. The fourth-order valence-electron chi connectivity index (χ4n) is 1.35. The number of carbonyl (C=O) groups excluding carboxylic acids is 1. The van der Waals surface area contributed by atoms with E-state index in [0.29, 0.717) is 10.6 Å². The molecule has 1 unspecified atom stereocenters. The molecule has 1 aromatic carbocycles. The summed E-state index contributed by atoms with van der Waals surface area (Å²) in [4.78, 5) is 14.8. The number of aliphatic imine (C=N–C) groups is 1. The molecule has 1 aromatic rings. The smallest absolute Gasteiger partial charge is 0.296 e. The number of carbonyl (C=O) groups is 1. The predicted octanol–water partition coefficient (Wildman–Crippen LogP) is 1.56. The van der Waals surface area contributed by atoms with Gasteiger partial charge in [-0.25, -0.2) is 0 Å². The first-order valence-electron chi connectivity index (χ1n) is 4.38. The Morgan fingerprint density at radius 2 is 2.27 bits per heavy atom. The molecule has 15 heavy (non-hydrogen) atoms. The molecule has 1 aliphatic heterocycles. The van der Waals surface area contributed by atoms with Crippen LogP contribution >= 0.6 is 11.6 Å². The van der Waals surface area contributed by atoms with Crippen LogP contribution in [0.5, 0.6) is 0 Å². The maximum Gasteiger partial charge on any atom is 0.296 e. The van der Waals surface area contributed by atoms with Gasteiger partial charge < -0.3 is 10.5 Å². The highest BCUT2D eigenvalue weighted by Gasteiger charge is 2.29. The molecule has 2 N–H and O–H groups in total. The van der Waals surface area contributed by atoms with Crippen molar-refractivity contribution in [3.05, 3.63) is 34.3 Å². The second-order valence-electron chi connectivity index (χ2n) is 3.29. The molecular formula is C10H9ClN2O2. The fourth-order valence-corrected chi connectivity index (χ4v) is 1.54. The molecule has 5 heteroatoms. The van der Waals surface area contributed by atoms with Crippen LogP contribution in [0.1, 0.15) is 17.2 Å². The zero-order chi connectivity index (χ0) is 11.0. The molecule has 0 aliphatic carbocycles. The largest absolute Gasteiger partial charge is 0.447 e. The summed E-state index contributed by atoms with van der Waals surface area (Å²) in [5.41, 5.74) is 6.91. The van der Waals surface area contributed by atoms with Crippen molar-refractivity contribution < 1.29 is 9.53 Å². The van der Waals surface area contributed by atoms with Crippen molar-refractivity contribution in [1.82, 2.24) is 0 Å². The molecule has 0 aromatic heterocycles. The van der Waals surface area contributed by atoms with Crippen molar-refractivity contribution in [2.24, 2.45) is 10.7 Å². The topological polar surface area (TPSA) is 64.7 Å². The third-order valence-corrected chi connectivity index (χ3v) is 2.59. The van der Waals surface area contributed by atoms with Crippen molar-refractivity contribution in [1.29, 1.82) is 0 Å². The molecule has 0 saturated carbocycles. The average molecular weight is 225 g/mol. The van der Waals surface area contributed by atoms with E-state index in [0.717, 1.165) is 5.56 Å². The molecule has 1 atom stereocenters. The Balaban J connectivity index is 2.32. The molecule has 2 rings (SSSR count). The number of amidine groups is 1. The lowest BCUT2D eigenvalue weighted by atomic mass is 10.1. The van der Waals surface area contributed by atoms with E-state index in [2.05, 4.69) is 4.99 Å². The number of amides is 1. The minimum absolute atomic E-state index is 0.0957. The monoisotopic (exact) mass is 224 g/mol. The number of rotatable bonds is 1. The van der Waals surface area contributed by atoms with Crippen LogP contribution in [0.3, 0.4) is 0 Å². The number of benzene rings is 1. The van der Waals surface area contributed by atoms with E-state index in [1.165, 1.54) is 0 Å². The second kappa shape index (κ2) is 3.55. The van der Waals surface area contributed by atoms with Gasteiger partial charge in [-0.1, -0.05) is 23.7 Å². The first kappa shape index (κ1) is 9.98. The lowest BCUT2D eigenvalue weighted by molar-refractivity contribution is -0.122. The molecule has 0 bridgehead atoms. The molecule has 1 heterocycles. The lowest BCUT2D eigenvalue weighted by Crippen LogP contribution is -2.14. The maximum absolute atomic E-state index is 11.3. The quantitative estimate of drug-likeness (QED) is 0.787. The van der Waals surface area contributed by atoms with E-state index in [9.17, 15) is 4.79 Å². The summed E-state index contributed by atoms with van der Waals surface area (Å²) in [5, 5.41) is 0.592. The zero-order valence-electron chi connectivity index (χ0n) is 8.03. The van der Waals surface area contributed by atoms with Crippen molar-refractivity contribution in [3.8, 4) is 0 Å². The summed E-state index contributed by atoms with van der Waals surface area (Å²) in [5.74, 6) is -0.396. The molecule has 4 nitrogen and oxygen atoms in total. The van der Waals surface area contributed by atoms with Gasteiger partial charge in [0.15, 0.2) is 0 Å². The third kappa shape index (κ3) is 1.80. The van der Waals surface area contributed by atoms with Crippen molar-refractivity contribution in [2.45, 2.75) is 13.0 Å². The summed E-state index contributed by atoms with van der Waals surface area (Å²) in [7, 11) is 0. The Morgan fingerprint density at radius 1 is 1.53 bits per heavy atom. The van der Waals surface area contributed by atoms with Crippen LogP contribution in [0.15, 0.2) is 23.2 Å². The minimum Gasteiger partial charge on any atom is -0.447 e. The summed E-state index contributed by atoms with van der Waals surface area (Å²) in [6, 6.07) is 5.19. The van der Waals surface area contributed by atoms with Gasteiger partial charge in [-0.05, 0) is 18.6 Å². The van der Waals surface area contributed by atoms with Gasteiger partial charge in [0, 0.05) is 10.6 Å². The standard InChI is InChI=1S/C10H9ClN2O2/c1-5-2-3-6(4-7(5)11)8-9(14)13-10(12)15-8/h2-4,8H,1H3,(H2,12,13,14). The molecule has 78 valence electrons. The van der Waals surface area contributed by atoms with Crippen LogP contribution in [0.4, 0.5) is 0 Å². The number of hydrogen-bond donors (Lipinski definition) is 1. The molecule has 1 amide bonds. The highest BCUT2D eigenvalue weighted by atomic mass is 35.5. The molecule has 0 spiro atoms. The Morgan fingerprint density at radius 3 is 2.80 bits per heavy atom. The summed E-state index contributed by atoms with van der Waals surface area (Å²) >= 11 is 5.94. The second-order valence-corrected chi connectivity index (χ2v) is 3.70. The maximum atomic E-state index is 11.3. The van der Waals surface area contributed by atoms with Crippen LogP contribution < -0.4 is 5.73 Å². The zero-order valence-corrected chi connectivity index (χ0v) is 8.78. The van der Waals surface area contributed by atoms with E-state index in [4.69, 9.17) is 22.1 Å². The Kier molecular flexibility index (Phi) is 2.36. The van der Waals surface area contributed by atoms with Gasteiger partial charge in [0.05, 0.1) is 0 Å². The predicted molar refractivity (Wildman–Crippen MR) is 56.6 cm³/mol. The van der Waals surface area contributed by atoms with Crippen LogP contribution in [0, 0.1) is 6.92 Å². The third-order valence-electron chi connectivity index (χ3n) is 2.18. The average Bonchev–Trinajstić information content (AvgIpc) is 2.50. The van der Waals surface area contributed by atoms with E-state index < -0.39 is 12.0 Å². The van der Waals surface area contributed by atoms with Crippen molar-refractivity contribution in [3.63, 3.8) is 0 Å². The van der Waals surface area contributed by atoms with E-state index in [1.54, 1.807) is 12.1 Å². The Labute approximate surface area is 91.7 Å². The summed E-state index contributed by atoms with van der Waals surface area (Å²) in [6.07, 6.45) is -0.747. The highest BCUT2D eigenvalue weighted by molar-refractivity contribution is 6.31. The highest BCUT2D eigenvalue weighted by Crippen LogP contribution is 2.27. The Hall–Kier alpha value is -1.55. The van der Waals surface area contributed by atoms with Crippen LogP contribution in [-0.2, 0) is 9.53 Å². The normalized spacial score (nSPS) is 20.0. The molecule has 0 saturated heterocycles. The Bertz CT molecular complexity index is 457. The van der Waals surface area contributed by atoms with E-state index in [-0.39, 0.29) is 6.02 Å². The molecular weight excluding hydrogens is 216 g/mol. The summed E-state index contributed by atoms with van der Waals surface area (Å²) < 4.78 is 5.07. The number of halogens is 1. The molecule has 0 fully saturated rings. The number of ether oxygens (including phenoxy) is 1. The van der Waals surface area contributed by atoms with Crippen molar-refractivity contribution in [2.75, 3.05) is 0 Å². The molecule has 1 aliphatic rings. The number of nitrogens with zero attached hydrogens (tertiary/aromatic N) is 1. The fraction of sp³-hybridized carbons (Fsp3) is 0.200. The lowest BCUT2D eigenvalue weighted by Gasteiger charge is -2.09. The van der Waals surface area contributed by atoms with Gasteiger partial charge in [-0.2, -0.15) is 4.99 Å². The molecule has 0 radical (unpaired) electrons. The number of aryl methyl sites for hydroxylation is 1. The minimum atomic E-state index is -0.747. The van der Waals surface area contributed by atoms with Gasteiger partial charge in [0.2, 0.25) is 6.10 Å². The van der Waals surface area contributed by atoms with Crippen LogP contribution in [-0.4, -0.2) is 11.9 Å². The van der Waals surface area contributed by atoms with Gasteiger partial charge in [-0.3, -0.25) is 4.79 Å². The van der Waals surface area contributed by atoms with Gasteiger partial charge >= 0.3 is 0 Å². The van der Waals surface area contributed by atoms with Gasteiger partial charge in [0.1, 0.15) is 0 Å². The van der Waals surface area contributed by atoms with Crippen LogP contribution in [0.25, 0.3) is 0 Å². The van der Waals surface area contributed by atoms with Gasteiger partial charge in [0.25, 0.3) is 11.9 Å². The van der Waals surface area contributed by atoms with E-state index in [1.807, 2.05) is 13.0 Å². The number of nitrogens with two attached hydrogens (primary N) is 1. The van der Waals surface area contributed by atoms with Crippen LogP contribution in [0.2, 0.25) is 5.02 Å². The first-order chi connectivity index (χ1) is 7.08. The van der Waals surface area contributed by atoms with E-state index >= 15 is 0 Å². The summed E-state index contributed by atoms with van der Waals surface area (Å²) in [6.45, 7) is 1.88.